The molecule has 1 aliphatic rings. The van der Waals surface area contributed by atoms with Crippen LogP contribution in [0.1, 0.15) is 30.7 Å². The van der Waals surface area contributed by atoms with Crippen molar-refractivity contribution in [1.82, 2.24) is 20.3 Å². The topological polar surface area (TPSA) is 53.9 Å². The van der Waals surface area contributed by atoms with Gasteiger partial charge in [-0.05, 0) is 36.3 Å². The number of anilines is 1. The van der Waals surface area contributed by atoms with E-state index in [0.717, 1.165) is 31.0 Å². The van der Waals surface area contributed by atoms with Gasteiger partial charge < -0.3 is 10.2 Å². The fourth-order valence-electron chi connectivity index (χ4n) is 3.55. The molecule has 0 bridgehead atoms. The van der Waals surface area contributed by atoms with Crippen LogP contribution in [0.2, 0.25) is 0 Å². The largest absolute Gasteiger partial charge is 0.362 e. The Balaban J connectivity index is 1.64. The average Bonchev–Trinajstić information content (AvgIpc) is 2.61. The summed E-state index contributed by atoms with van der Waals surface area (Å²) in [6.07, 6.45) is 9.02. The van der Waals surface area contributed by atoms with Crippen LogP contribution in [-0.4, -0.2) is 29.0 Å². The van der Waals surface area contributed by atoms with Crippen LogP contribution in [0, 0.1) is 0 Å². The Hall–Kier alpha value is -2.53. The third-order valence-electron chi connectivity index (χ3n) is 5.10. The van der Waals surface area contributed by atoms with Crippen LogP contribution in [-0.2, 0) is 12.1 Å². The van der Waals surface area contributed by atoms with Crippen LogP contribution >= 0.6 is 0 Å². The van der Waals surface area contributed by atoms with Crippen molar-refractivity contribution in [2.75, 3.05) is 19.0 Å². The van der Waals surface area contributed by atoms with Gasteiger partial charge in [-0.15, -0.1) is 0 Å². The number of benzene rings is 1. The highest BCUT2D eigenvalue weighted by Crippen LogP contribution is 2.39. The summed E-state index contributed by atoms with van der Waals surface area (Å²) in [5.74, 6) is 1.91. The molecule has 0 atom stereocenters. The van der Waals surface area contributed by atoms with Crippen LogP contribution in [0.5, 0.6) is 0 Å². The van der Waals surface area contributed by atoms with Gasteiger partial charge in [-0.25, -0.2) is 15.0 Å². The number of fused-ring (bicyclic) bond motifs is 1. The molecule has 2 aromatic heterocycles. The average molecular weight is 333 g/mol. The lowest BCUT2D eigenvalue weighted by molar-refractivity contribution is 0.170. The van der Waals surface area contributed by atoms with Crippen molar-refractivity contribution >= 4 is 16.6 Å². The van der Waals surface area contributed by atoms with E-state index in [1.165, 1.54) is 22.8 Å². The first-order chi connectivity index (χ1) is 12.2. The molecule has 1 saturated carbocycles. The van der Waals surface area contributed by atoms with E-state index < -0.39 is 0 Å². The monoisotopic (exact) mass is 333 g/mol. The highest BCUT2D eigenvalue weighted by molar-refractivity contribution is 5.94. The van der Waals surface area contributed by atoms with E-state index in [9.17, 15) is 0 Å². The van der Waals surface area contributed by atoms with Gasteiger partial charge in [0, 0.05) is 44.6 Å². The molecule has 5 heteroatoms. The molecule has 0 aliphatic heterocycles. The van der Waals surface area contributed by atoms with Gasteiger partial charge in [0.15, 0.2) is 0 Å². The molecule has 1 aliphatic carbocycles. The van der Waals surface area contributed by atoms with Crippen LogP contribution < -0.4 is 10.2 Å². The van der Waals surface area contributed by atoms with Crippen LogP contribution in [0.25, 0.3) is 10.8 Å². The van der Waals surface area contributed by atoms with Gasteiger partial charge >= 0.3 is 0 Å². The van der Waals surface area contributed by atoms with Crippen molar-refractivity contribution in [3.63, 3.8) is 0 Å². The lowest BCUT2D eigenvalue weighted by Crippen LogP contribution is -2.48. The van der Waals surface area contributed by atoms with Crippen LogP contribution in [0.15, 0.2) is 48.9 Å². The first-order valence-corrected chi connectivity index (χ1v) is 8.76. The predicted molar refractivity (Wildman–Crippen MR) is 100 cm³/mol. The van der Waals surface area contributed by atoms with Crippen LogP contribution in [0.4, 0.5) is 5.82 Å². The fourth-order valence-corrected chi connectivity index (χ4v) is 3.55. The minimum atomic E-state index is -0.0947. The molecule has 1 aromatic carbocycles. The summed E-state index contributed by atoms with van der Waals surface area (Å²) < 4.78 is 0. The van der Waals surface area contributed by atoms with E-state index >= 15 is 0 Å². The quantitative estimate of drug-likeness (QED) is 0.777. The zero-order chi connectivity index (χ0) is 17.3. The maximum Gasteiger partial charge on any atom is 0.148 e. The third kappa shape index (κ3) is 2.85. The molecule has 2 heterocycles. The van der Waals surface area contributed by atoms with Crippen LogP contribution in [0.3, 0.4) is 0 Å². The predicted octanol–water partition coefficient (Wildman–Crippen LogP) is 3.26. The van der Waals surface area contributed by atoms with E-state index in [2.05, 4.69) is 49.4 Å². The van der Waals surface area contributed by atoms with Crippen molar-refractivity contribution in [2.45, 2.75) is 31.3 Å². The van der Waals surface area contributed by atoms with Gasteiger partial charge in [0.1, 0.15) is 11.6 Å². The molecule has 25 heavy (non-hydrogen) atoms. The molecule has 0 radical (unpaired) electrons. The number of hydrogen-bond acceptors (Lipinski definition) is 5. The van der Waals surface area contributed by atoms with E-state index in [1.54, 1.807) is 0 Å². The molecule has 4 rings (SSSR count). The second kappa shape index (κ2) is 6.41. The van der Waals surface area contributed by atoms with E-state index in [-0.39, 0.29) is 5.54 Å². The van der Waals surface area contributed by atoms with Crippen molar-refractivity contribution in [1.29, 1.82) is 0 Å². The number of nitrogens with zero attached hydrogens (tertiary/aromatic N) is 4. The second-order valence-electron chi connectivity index (χ2n) is 6.91. The number of aromatic nitrogens is 3. The van der Waals surface area contributed by atoms with Gasteiger partial charge in [-0.2, -0.15) is 0 Å². The van der Waals surface area contributed by atoms with Crippen molar-refractivity contribution in [3.05, 3.63) is 60.3 Å². The SMILES string of the molecule is CN(C)c1ncc(CNC2(c3ncccn3)CCC2)c2ccccc12. The Morgan fingerprint density at radius 1 is 1.00 bits per heavy atom. The molecule has 5 nitrogen and oxygen atoms in total. The summed E-state index contributed by atoms with van der Waals surface area (Å²) in [6.45, 7) is 0.763. The van der Waals surface area contributed by atoms with Gasteiger partial charge in [-0.3, -0.25) is 0 Å². The summed E-state index contributed by atoms with van der Waals surface area (Å²) in [4.78, 5) is 15.7. The van der Waals surface area contributed by atoms with Crippen molar-refractivity contribution in [2.24, 2.45) is 0 Å². The number of nitrogens with one attached hydrogen (secondary N) is 1. The van der Waals surface area contributed by atoms with Crippen molar-refractivity contribution < 1.29 is 0 Å². The fraction of sp³-hybridized carbons (Fsp3) is 0.350. The Kier molecular flexibility index (Phi) is 4.09. The number of pyridine rings is 1. The molecule has 0 unspecified atom stereocenters. The molecule has 0 spiro atoms. The molecule has 0 amide bonds. The van der Waals surface area contributed by atoms with Gasteiger partial charge in [0.05, 0.1) is 5.54 Å². The zero-order valence-electron chi connectivity index (χ0n) is 14.7. The van der Waals surface area contributed by atoms with Crippen molar-refractivity contribution in [3.8, 4) is 0 Å². The van der Waals surface area contributed by atoms with Gasteiger partial charge in [0.25, 0.3) is 0 Å². The Morgan fingerprint density at radius 3 is 2.36 bits per heavy atom. The van der Waals surface area contributed by atoms with Gasteiger partial charge in [0.2, 0.25) is 0 Å². The Labute approximate surface area is 148 Å². The normalized spacial score (nSPS) is 15.8. The highest BCUT2D eigenvalue weighted by Gasteiger charge is 2.40. The molecule has 3 aromatic rings. The zero-order valence-corrected chi connectivity index (χ0v) is 14.7. The first-order valence-electron chi connectivity index (χ1n) is 8.76. The van der Waals surface area contributed by atoms with Gasteiger partial charge in [-0.1, -0.05) is 24.3 Å². The summed E-state index contributed by atoms with van der Waals surface area (Å²) in [6, 6.07) is 10.3. The maximum atomic E-state index is 4.68. The van der Waals surface area contributed by atoms with E-state index in [0.29, 0.717) is 0 Å². The number of hydrogen-bond donors (Lipinski definition) is 1. The minimum Gasteiger partial charge on any atom is -0.362 e. The Bertz CT molecular complexity index is 872. The molecular formula is C20H23N5. The minimum absolute atomic E-state index is 0.0947. The summed E-state index contributed by atoms with van der Waals surface area (Å²) >= 11 is 0. The molecular weight excluding hydrogens is 310 g/mol. The molecule has 1 N–H and O–H groups in total. The Morgan fingerprint density at radius 2 is 1.72 bits per heavy atom. The summed E-state index contributed by atoms with van der Waals surface area (Å²) in [5.41, 5.74) is 1.12. The standard InChI is InChI=1S/C20H23N5/c1-25(2)18-17-8-4-3-7-16(17)15(13-23-18)14-24-20(9-5-10-20)19-21-11-6-12-22-19/h3-4,6-8,11-13,24H,5,9-10,14H2,1-2H3. The lowest BCUT2D eigenvalue weighted by Gasteiger charge is -2.41. The molecule has 1 fully saturated rings. The van der Waals surface area contributed by atoms with E-state index in [4.69, 9.17) is 0 Å². The van der Waals surface area contributed by atoms with E-state index in [1.807, 2.05) is 38.8 Å². The lowest BCUT2D eigenvalue weighted by atomic mass is 9.75. The second-order valence-corrected chi connectivity index (χ2v) is 6.91. The highest BCUT2D eigenvalue weighted by atomic mass is 15.1. The first kappa shape index (κ1) is 16.0. The maximum absolute atomic E-state index is 4.68. The molecule has 0 saturated heterocycles. The summed E-state index contributed by atoms with van der Waals surface area (Å²) in [7, 11) is 4.06. The third-order valence-corrected chi connectivity index (χ3v) is 5.10. The summed E-state index contributed by atoms with van der Waals surface area (Å²) in [5, 5.41) is 6.16. The smallest absolute Gasteiger partial charge is 0.148 e. The number of rotatable bonds is 5. The molecule has 128 valence electrons.